The number of hydrogen-bond acceptors (Lipinski definition) is 5. The first-order valence-electron chi connectivity index (χ1n) is 7.32. The number of amides is 1. The van der Waals surface area contributed by atoms with Gasteiger partial charge in [-0.25, -0.2) is 0 Å². The Morgan fingerprint density at radius 1 is 1.35 bits per heavy atom. The molecule has 2 aliphatic heterocycles. The molecule has 2 aliphatic rings. The molecule has 1 N–H and O–H groups in total. The van der Waals surface area contributed by atoms with E-state index < -0.39 is 0 Å². The quantitative estimate of drug-likeness (QED) is 0.851. The molecular formula is C13H21N5O2. The first-order chi connectivity index (χ1) is 9.83. The van der Waals surface area contributed by atoms with Crippen molar-refractivity contribution in [3.63, 3.8) is 0 Å². The lowest BCUT2D eigenvalue weighted by Crippen LogP contribution is -2.37. The normalized spacial score (nSPS) is 24.8. The number of H-pyrrole nitrogens is 1. The second-order valence-electron chi connectivity index (χ2n) is 5.44. The van der Waals surface area contributed by atoms with E-state index in [-0.39, 0.29) is 5.91 Å². The van der Waals surface area contributed by atoms with E-state index >= 15 is 0 Å². The highest BCUT2D eigenvalue weighted by molar-refractivity contribution is 5.91. The SMILES string of the molecule is O=C(c1cn[nH]n1)N1CCCN(CC2CCCO2)CC1. The van der Waals surface area contributed by atoms with Crippen LogP contribution in [-0.4, -0.2) is 76.6 Å². The Hall–Kier alpha value is -1.47. The fourth-order valence-corrected chi connectivity index (χ4v) is 2.90. The molecule has 1 aromatic heterocycles. The van der Waals surface area contributed by atoms with Crippen LogP contribution in [0.5, 0.6) is 0 Å². The molecule has 0 spiro atoms. The van der Waals surface area contributed by atoms with Crippen molar-refractivity contribution in [1.82, 2.24) is 25.2 Å². The summed E-state index contributed by atoms with van der Waals surface area (Å²) in [5, 5.41) is 10.0. The number of aromatic nitrogens is 3. The molecule has 2 saturated heterocycles. The lowest BCUT2D eigenvalue weighted by molar-refractivity contribution is 0.0701. The van der Waals surface area contributed by atoms with Crippen molar-refractivity contribution in [3.8, 4) is 0 Å². The number of aromatic amines is 1. The zero-order valence-corrected chi connectivity index (χ0v) is 11.6. The summed E-state index contributed by atoms with van der Waals surface area (Å²) < 4.78 is 5.69. The van der Waals surface area contributed by atoms with Crippen LogP contribution in [0.4, 0.5) is 0 Å². The van der Waals surface area contributed by atoms with Crippen molar-refractivity contribution in [1.29, 1.82) is 0 Å². The molecule has 7 nitrogen and oxygen atoms in total. The third-order valence-electron chi connectivity index (χ3n) is 4.00. The molecule has 2 fully saturated rings. The molecule has 110 valence electrons. The maximum Gasteiger partial charge on any atom is 0.276 e. The average Bonchev–Trinajstić information content (AvgIpc) is 3.10. The van der Waals surface area contributed by atoms with Crippen LogP contribution in [0.15, 0.2) is 6.20 Å². The van der Waals surface area contributed by atoms with Crippen molar-refractivity contribution >= 4 is 5.91 Å². The molecule has 0 bridgehead atoms. The van der Waals surface area contributed by atoms with E-state index in [2.05, 4.69) is 20.3 Å². The van der Waals surface area contributed by atoms with Crippen LogP contribution in [0, 0.1) is 0 Å². The number of ether oxygens (including phenoxy) is 1. The summed E-state index contributed by atoms with van der Waals surface area (Å²) in [5.41, 5.74) is 0.401. The maximum absolute atomic E-state index is 12.2. The minimum absolute atomic E-state index is 0.0299. The van der Waals surface area contributed by atoms with E-state index in [1.807, 2.05) is 4.90 Å². The van der Waals surface area contributed by atoms with Gasteiger partial charge in [0.2, 0.25) is 0 Å². The van der Waals surface area contributed by atoms with Gasteiger partial charge in [0.05, 0.1) is 12.3 Å². The Kier molecular flexibility index (Phi) is 4.27. The molecule has 0 radical (unpaired) electrons. The summed E-state index contributed by atoms with van der Waals surface area (Å²) in [7, 11) is 0. The van der Waals surface area contributed by atoms with E-state index in [4.69, 9.17) is 4.74 Å². The number of nitrogens with one attached hydrogen (secondary N) is 1. The number of carbonyl (C=O) groups excluding carboxylic acids is 1. The highest BCUT2D eigenvalue weighted by Crippen LogP contribution is 2.15. The van der Waals surface area contributed by atoms with Crippen LogP contribution in [-0.2, 0) is 4.74 Å². The molecule has 0 aromatic carbocycles. The van der Waals surface area contributed by atoms with Crippen molar-refractivity contribution in [2.45, 2.75) is 25.4 Å². The van der Waals surface area contributed by atoms with Crippen LogP contribution in [0.25, 0.3) is 0 Å². The van der Waals surface area contributed by atoms with Gasteiger partial charge in [-0.05, 0) is 25.8 Å². The molecule has 1 amide bonds. The molecule has 1 unspecified atom stereocenters. The maximum atomic E-state index is 12.2. The summed E-state index contributed by atoms with van der Waals surface area (Å²) in [5.74, 6) is -0.0299. The molecule has 0 saturated carbocycles. The second kappa shape index (κ2) is 6.32. The van der Waals surface area contributed by atoms with Gasteiger partial charge >= 0.3 is 0 Å². The van der Waals surface area contributed by atoms with Gasteiger partial charge in [0, 0.05) is 32.8 Å². The molecule has 20 heavy (non-hydrogen) atoms. The number of rotatable bonds is 3. The summed E-state index contributed by atoms with van der Waals surface area (Å²) in [6.45, 7) is 5.36. The lowest BCUT2D eigenvalue weighted by atomic mass is 10.2. The largest absolute Gasteiger partial charge is 0.377 e. The van der Waals surface area contributed by atoms with Gasteiger partial charge in [-0.2, -0.15) is 15.4 Å². The third-order valence-corrected chi connectivity index (χ3v) is 4.00. The number of hydrogen-bond donors (Lipinski definition) is 1. The number of carbonyl (C=O) groups is 1. The zero-order chi connectivity index (χ0) is 13.8. The molecule has 3 heterocycles. The van der Waals surface area contributed by atoms with Crippen molar-refractivity contribution in [2.24, 2.45) is 0 Å². The third kappa shape index (κ3) is 3.16. The summed E-state index contributed by atoms with van der Waals surface area (Å²) in [6.07, 6.45) is 5.20. The smallest absolute Gasteiger partial charge is 0.276 e. The second-order valence-corrected chi connectivity index (χ2v) is 5.44. The highest BCUT2D eigenvalue weighted by atomic mass is 16.5. The van der Waals surface area contributed by atoms with Crippen LogP contribution in [0.3, 0.4) is 0 Å². The molecule has 1 atom stereocenters. The van der Waals surface area contributed by atoms with E-state index in [1.54, 1.807) is 0 Å². The van der Waals surface area contributed by atoms with Crippen molar-refractivity contribution in [2.75, 3.05) is 39.3 Å². The van der Waals surface area contributed by atoms with Gasteiger partial charge < -0.3 is 9.64 Å². The molecule has 3 rings (SSSR count). The fourth-order valence-electron chi connectivity index (χ4n) is 2.90. The standard InChI is InChI=1S/C13H21N5O2/c19-13(12-9-14-16-15-12)18-5-2-4-17(6-7-18)10-11-3-1-8-20-11/h9,11H,1-8,10H2,(H,14,15,16). The van der Waals surface area contributed by atoms with E-state index in [0.717, 1.165) is 52.2 Å². The molecule has 1 aromatic rings. The number of nitrogens with zero attached hydrogens (tertiary/aromatic N) is 4. The minimum atomic E-state index is -0.0299. The Morgan fingerprint density at radius 2 is 2.30 bits per heavy atom. The van der Waals surface area contributed by atoms with Gasteiger partial charge in [-0.3, -0.25) is 9.69 Å². The predicted octanol–water partition coefficient (Wildman–Crippen LogP) is 0.132. The minimum Gasteiger partial charge on any atom is -0.377 e. The van der Waals surface area contributed by atoms with Gasteiger partial charge in [0.15, 0.2) is 5.69 Å². The van der Waals surface area contributed by atoms with Gasteiger partial charge in [0.25, 0.3) is 5.91 Å². The van der Waals surface area contributed by atoms with Crippen LogP contribution >= 0.6 is 0 Å². The monoisotopic (exact) mass is 279 g/mol. The van der Waals surface area contributed by atoms with E-state index in [0.29, 0.717) is 11.8 Å². The van der Waals surface area contributed by atoms with Crippen LogP contribution in [0.2, 0.25) is 0 Å². The zero-order valence-electron chi connectivity index (χ0n) is 11.6. The van der Waals surface area contributed by atoms with Gasteiger partial charge in [-0.15, -0.1) is 0 Å². The van der Waals surface area contributed by atoms with Gasteiger partial charge in [-0.1, -0.05) is 0 Å². The first-order valence-corrected chi connectivity index (χ1v) is 7.32. The Labute approximate surface area is 118 Å². The van der Waals surface area contributed by atoms with Crippen molar-refractivity contribution < 1.29 is 9.53 Å². The predicted molar refractivity (Wildman–Crippen MR) is 72.3 cm³/mol. The van der Waals surface area contributed by atoms with E-state index in [1.165, 1.54) is 12.6 Å². The molecular weight excluding hydrogens is 258 g/mol. The fraction of sp³-hybridized carbons (Fsp3) is 0.769. The van der Waals surface area contributed by atoms with Gasteiger partial charge in [0.1, 0.15) is 0 Å². The highest BCUT2D eigenvalue weighted by Gasteiger charge is 2.24. The summed E-state index contributed by atoms with van der Waals surface area (Å²) in [4.78, 5) is 16.5. The topological polar surface area (TPSA) is 74.4 Å². The first kappa shape index (κ1) is 13.5. The Morgan fingerprint density at radius 3 is 3.05 bits per heavy atom. The van der Waals surface area contributed by atoms with Crippen LogP contribution < -0.4 is 0 Å². The Bertz CT molecular complexity index is 430. The average molecular weight is 279 g/mol. The lowest BCUT2D eigenvalue weighted by Gasteiger charge is -2.23. The molecule has 7 heteroatoms. The Balaban J connectivity index is 1.52. The summed E-state index contributed by atoms with van der Waals surface area (Å²) in [6, 6.07) is 0. The van der Waals surface area contributed by atoms with Crippen LogP contribution in [0.1, 0.15) is 29.8 Å². The van der Waals surface area contributed by atoms with E-state index in [9.17, 15) is 4.79 Å². The summed E-state index contributed by atoms with van der Waals surface area (Å²) >= 11 is 0. The molecule has 0 aliphatic carbocycles. The van der Waals surface area contributed by atoms with Crippen molar-refractivity contribution in [3.05, 3.63) is 11.9 Å².